The molecule has 0 radical (unpaired) electrons. The van der Waals surface area contributed by atoms with Gasteiger partial charge in [0, 0.05) is 50.5 Å². The molecule has 0 amide bonds. The Labute approximate surface area is 217 Å². The first kappa shape index (κ1) is 25.4. The van der Waals surface area contributed by atoms with Crippen LogP contribution >= 0.6 is 11.6 Å². The number of hydrogen-bond donors (Lipinski definition) is 0. The van der Waals surface area contributed by atoms with Gasteiger partial charge in [-0.1, -0.05) is 11.6 Å². The number of pyridine rings is 1. The molecule has 7 nitrogen and oxygen atoms in total. The van der Waals surface area contributed by atoms with E-state index in [9.17, 15) is 17.6 Å². The summed E-state index contributed by atoms with van der Waals surface area (Å²) in [6, 6.07) is 6.91. The van der Waals surface area contributed by atoms with E-state index < -0.39 is 17.6 Å². The Morgan fingerprint density at radius 2 is 1.65 bits per heavy atom. The third kappa shape index (κ3) is 5.41. The predicted molar refractivity (Wildman–Crippen MR) is 135 cm³/mol. The van der Waals surface area contributed by atoms with Crippen LogP contribution in [-0.4, -0.2) is 58.7 Å². The van der Waals surface area contributed by atoms with Crippen LogP contribution in [0.1, 0.15) is 31.7 Å². The van der Waals surface area contributed by atoms with Gasteiger partial charge >= 0.3 is 6.18 Å². The highest BCUT2D eigenvalue weighted by molar-refractivity contribution is 6.31. The average Bonchev–Trinajstić information content (AvgIpc) is 2.90. The highest BCUT2D eigenvalue weighted by Gasteiger charge is 2.36. The fraction of sp³-hybridized carbons (Fsp3) is 0.440. The van der Waals surface area contributed by atoms with Gasteiger partial charge < -0.3 is 14.7 Å². The van der Waals surface area contributed by atoms with E-state index in [1.807, 2.05) is 4.90 Å². The number of aromatic nitrogens is 4. The van der Waals surface area contributed by atoms with Crippen LogP contribution in [0, 0.1) is 5.82 Å². The van der Waals surface area contributed by atoms with Gasteiger partial charge in [-0.15, -0.1) is 0 Å². The zero-order chi connectivity index (χ0) is 26.2. The van der Waals surface area contributed by atoms with Gasteiger partial charge in [0.15, 0.2) is 5.82 Å². The molecule has 0 saturated carbocycles. The van der Waals surface area contributed by atoms with Gasteiger partial charge in [-0.3, -0.25) is 0 Å². The summed E-state index contributed by atoms with van der Waals surface area (Å²) in [6.45, 7) is 4.37. The number of piperazine rings is 1. The summed E-state index contributed by atoms with van der Waals surface area (Å²) in [4.78, 5) is 23.8. The second-order valence-electron chi connectivity index (χ2n) is 9.27. The maximum Gasteiger partial charge on any atom is 0.419 e. The molecule has 2 aliphatic heterocycles. The van der Waals surface area contributed by atoms with Crippen molar-refractivity contribution < 1.29 is 17.6 Å². The van der Waals surface area contributed by atoms with Crippen LogP contribution in [0.2, 0.25) is 5.02 Å². The van der Waals surface area contributed by atoms with Gasteiger partial charge in [-0.25, -0.2) is 9.37 Å². The standard InChI is InChI=1S/C25H26ClF4N7/c1-16-5-2-3-10-37(16)24-33-21(17-7-8-20(27)19(26)15-17)32-23(34-24)36-13-11-35(12-14-36)22-18(25(28,29)30)6-4-9-31-22/h4,6-9,15-16H,2-3,5,10-14H2,1H3. The fourth-order valence-corrected chi connectivity index (χ4v) is 4.95. The molecule has 12 heteroatoms. The number of piperidine rings is 1. The zero-order valence-corrected chi connectivity index (χ0v) is 21.0. The summed E-state index contributed by atoms with van der Waals surface area (Å²) < 4.78 is 54.3. The molecule has 0 aliphatic carbocycles. The Bertz CT molecular complexity index is 1260. The molecule has 0 bridgehead atoms. The van der Waals surface area contributed by atoms with Crippen molar-refractivity contribution in [3.05, 3.63) is 52.9 Å². The topological polar surface area (TPSA) is 61.3 Å². The van der Waals surface area contributed by atoms with Crippen LogP contribution in [0.5, 0.6) is 0 Å². The van der Waals surface area contributed by atoms with Crippen LogP contribution in [0.15, 0.2) is 36.5 Å². The molecule has 196 valence electrons. The summed E-state index contributed by atoms with van der Waals surface area (Å²) in [5.74, 6) is 0.712. The lowest BCUT2D eigenvalue weighted by Gasteiger charge is -2.37. The summed E-state index contributed by atoms with van der Waals surface area (Å²) in [5.41, 5.74) is -0.191. The highest BCUT2D eigenvalue weighted by atomic mass is 35.5. The highest BCUT2D eigenvalue weighted by Crippen LogP contribution is 2.36. The van der Waals surface area contributed by atoms with Crippen molar-refractivity contribution >= 4 is 29.3 Å². The monoisotopic (exact) mass is 535 g/mol. The van der Waals surface area contributed by atoms with E-state index in [2.05, 4.69) is 21.8 Å². The van der Waals surface area contributed by atoms with Crippen molar-refractivity contribution in [2.24, 2.45) is 0 Å². The van der Waals surface area contributed by atoms with E-state index in [0.717, 1.165) is 31.9 Å². The van der Waals surface area contributed by atoms with Crippen molar-refractivity contribution in [1.29, 1.82) is 0 Å². The van der Waals surface area contributed by atoms with Gasteiger partial charge in [-0.05, 0) is 56.5 Å². The van der Waals surface area contributed by atoms with Crippen molar-refractivity contribution in [3.63, 3.8) is 0 Å². The van der Waals surface area contributed by atoms with Crippen LogP contribution in [0.3, 0.4) is 0 Å². The fourth-order valence-electron chi connectivity index (χ4n) is 4.77. The molecule has 1 unspecified atom stereocenters. The number of alkyl halides is 3. The minimum atomic E-state index is -4.49. The van der Waals surface area contributed by atoms with Crippen molar-refractivity contribution in [3.8, 4) is 11.4 Å². The number of hydrogen-bond acceptors (Lipinski definition) is 7. The SMILES string of the molecule is CC1CCCCN1c1nc(-c2ccc(F)c(Cl)c2)nc(N2CCN(c3ncccc3C(F)(F)F)CC2)n1. The van der Waals surface area contributed by atoms with Gasteiger partial charge in [-0.2, -0.15) is 28.1 Å². The average molecular weight is 536 g/mol. The third-order valence-corrected chi connectivity index (χ3v) is 7.09. The largest absolute Gasteiger partial charge is 0.419 e. The molecule has 5 rings (SSSR count). The summed E-state index contributed by atoms with van der Waals surface area (Å²) in [7, 11) is 0. The van der Waals surface area contributed by atoms with E-state index in [0.29, 0.717) is 49.5 Å². The van der Waals surface area contributed by atoms with Crippen LogP contribution < -0.4 is 14.7 Å². The van der Waals surface area contributed by atoms with Gasteiger partial charge in [0.25, 0.3) is 0 Å². The molecule has 2 saturated heterocycles. The smallest absolute Gasteiger partial charge is 0.353 e. The predicted octanol–water partition coefficient (Wildman–Crippen LogP) is 5.45. The second-order valence-corrected chi connectivity index (χ2v) is 9.68. The lowest BCUT2D eigenvalue weighted by Crippen LogP contribution is -2.48. The maximum atomic E-state index is 13.8. The van der Waals surface area contributed by atoms with Crippen LogP contribution in [-0.2, 0) is 6.18 Å². The number of nitrogens with zero attached hydrogens (tertiary/aromatic N) is 7. The quantitative estimate of drug-likeness (QED) is 0.412. The number of benzene rings is 1. The molecule has 4 heterocycles. The van der Waals surface area contributed by atoms with Crippen molar-refractivity contribution in [2.45, 2.75) is 38.4 Å². The van der Waals surface area contributed by atoms with Crippen molar-refractivity contribution in [1.82, 2.24) is 19.9 Å². The molecule has 0 N–H and O–H groups in total. The molecule has 0 spiro atoms. The van der Waals surface area contributed by atoms with E-state index in [4.69, 9.17) is 21.6 Å². The Morgan fingerprint density at radius 1 is 0.919 bits per heavy atom. The Kier molecular flexibility index (Phi) is 7.06. The summed E-state index contributed by atoms with van der Waals surface area (Å²) >= 11 is 6.02. The van der Waals surface area contributed by atoms with E-state index >= 15 is 0 Å². The molecule has 2 aliphatic rings. The first-order valence-corrected chi connectivity index (χ1v) is 12.6. The van der Waals surface area contributed by atoms with Crippen LogP contribution in [0.4, 0.5) is 35.3 Å². The Balaban J connectivity index is 1.44. The molecular formula is C25H26ClF4N7. The number of anilines is 3. The molecular weight excluding hydrogens is 510 g/mol. The number of halogens is 5. The van der Waals surface area contributed by atoms with E-state index in [-0.39, 0.29) is 16.9 Å². The molecule has 1 aromatic carbocycles. The molecule has 37 heavy (non-hydrogen) atoms. The summed E-state index contributed by atoms with van der Waals surface area (Å²) in [6.07, 6.45) is 0.0528. The third-order valence-electron chi connectivity index (χ3n) is 6.80. The van der Waals surface area contributed by atoms with E-state index in [1.165, 1.54) is 24.4 Å². The lowest BCUT2D eigenvalue weighted by atomic mass is 10.0. The minimum Gasteiger partial charge on any atom is -0.353 e. The normalized spacial score (nSPS) is 18.9. The van der Waals surface area contributed by atoms with Gasteiger partial charge in [0.2, 0.25) is 11.9 Å². The molecule has 2 fully saturated rings. The zero-order valence-electron chi connectivity index (χ0n) is 20.2. The molecule has 3 aromatic rings. The lowest BCUT2D eigenvalue weighted by molar-refractivity contribution is -0.137. The first-order valence-electron chi connectivity index (χ1n) is 12.2. The second kappa shape index (κ2) is 10.3. The summed E-state index contributed by atoms with van der Waals surface area (Å²) in [5, 5.41) is -0.0307. The van der Waals surface area contributed by atoms with Gasteiger partial charge in [0.1, 0.15) is 11.6 Å². The Morgan fingerprint density at radius 3 is 2.35 bits per heavy atom. The van der Waals surface area contributed by atoms with Crippen molar-refractivity contribution in [2.75, 3.05) is 47.4 Å². The molecule has 1 atom stereocenters. The molecule has 2 aromatic heterocycles. The minimum absolute atomic E-state index is 0.0307. The van der Waals surface area contributed by atoms with Gasteiger partial charge in [0.05, 0.1) is 10.6 Å². The van der Waals surface area contributed by atoms with E-state index in [1.54, 1.807) is 11.0 Å². The first-order chi connectivity index (χ1) is 17.7. The maximum absolute atomic E-state index is 13.8. The number of rotatable bonds is 4. The van der Waals surface area contributed by atoms with Crippen LogP contribution in [0.25, 0.3) is 11.4 Å². The Hall–Kier alpha value is -3.21.